The van der Waals surface area contributed by atoms with Crippen LogP contribution in [0.25, 0.3) is 0 Å². The van der Waals surface area contributed by atoms with Crippen LogP contribution in [0.2, 0.25) is 0 Å². The van der Waals surface area contributed by atoms with Crippen molar-refractivity contribution in [3.05, 3.63) is 35.9 Å². The Bertz CT molecular complexity index is 529. The number of amides is 1. The lowest BCUT2D eigenvalue weighted by Gasteiger charge is -2.06. The number of H-pyrrole nitrogens is 1. The zero-order chi connectivity index (χ0) is 14.2. The van der Waals surface area contributed by atoms with Gasteiger partial charge in [0.2, 0.25) is 5.91 Å². The van der Waals surface area contributed by atoms with Crippen LogP contribution in [0.1, 0.15) is 18.7 Å². The Labute approximate surface area is 114 Å². The third-order valence-electron chi connectivity index (χ3n) is 2.46. The Morgan fingerprint density at radius 2 is 2.15 bits per heavy atom. The first-order valence-electron chi connectivity index (χ1n) is 6.11. The molecule has 0 unspecified atom stereocenters. The van der Waals surface area contributed by atoms with Crippen LogP contribution in [0.15, 0.2) is 24.3 Å². The van der Waals surface area contributed by atoms with E-state index >= 15 is 0 Å². The van der Waals surface area contributed by atoms with E-state index < -0.39 is 0 Å². The van der Waals surface area contributed by atoms with Crippen molar-refractivity contribution in [1.82, 2.24) is 25.9 Å². The molecule has 0 aliphatic carbocycles. The maximum atomic E-state index is 12.7. The molecule has 1 aromatic carbocycles. The number of tetrazole rings is 1. The predicted molar refractivity (Wildman–Crippen MR) is 67.2 cm³/mol. The van der Waals surface area contributed by atoms with Crippen molar-refractivity contribution in [3.8, 4) is 5.75 Å². The van der Waals surface area contributed by atoms with E-state index in [1.54, 1.807) is 12.1 Å². The van der Waals surface area contributed by atoms with Crippen LogP contribution in [-0.4, -0.2) is 33.1 Å². The molecule has 1 aromatic heterocycles. The minimum absolute atomic E-state index is 0.113. The maximum absolute atomic E-state index is 12.7. The molecule has 2 aromatic rings. The van der Waals surface area contributed by atoms with E-state index in [0.29, 0.717) is 31.0 Å². The van der Waals surface area contributed by atoms with Crippen molar-refractivity contribution in [3.63, 3.8) is 0 Å². The van der Waals surface area contributed by atoms with Gasteiger partial charge in [-0.1, -0.05) is 5.21 Å². The minimum Gasteiger partial charge on any atom is -0.494 e. The lowest BCUT2D eigenvalue weighted by Crippen LogP contribution is -2.23. The predicted octanol–water partition coefficient (Wildman–Crippen LogP) is 0.814. The van der Waals surface area contributed by atoms with E-state index in [-0.39, 0.29) is 18.3 Å². The van der Waals surface area contributed by atoms with Gasteiger partial charge < -0.3 is 10.1 Å². The second kappa shape index (κ2) is 7.17. The van der Waals surface area contributed by atoms with Crippen LogP contribution in [-0.2, 0) is 11.3 Å². The number of nitrogens with zero attached hydrogens (tertiary/aromatic N) is 3. The second-order valence-corrected chi connectivity index (χ2v) is 4.01. The van der Waals surface area contributed by atoms with Crippen LogP contribution in [0.4, 0.5) is 4.39 Å². The number of rotatable bonds is 7. The number of aromatic nitrogens is 4. The highest BCUT2D eigenvalue weighted by atomic mass is 19.1. The highest BCUT2D eigenvalue weighted by Gasteiger charge is 2.04. The number of halogens is 1. The summed E-state index contributed by atoms with van der Waals surface area (Å²) in [4.78, 5) is 11.5. The molecule has 0 fully saturated rings. The van der Waals surface area contributed by atoms with Gasteiger partial charge >= 0.3 is 0 Å². The highest BCUT2D eigenvalue weighted by Crippen LogP contribution is 2.11. The molecule has 0 bridgehead atoms. The maximum Gasteiger partial charge on any atom is 0.220 e. The van der Waals surface area contributed by atoms with Crippen LogP contribution >= 0.6 is 0 Å². The largest absolute Gasteiger partial charge is 0.494 e. The monoisotopic (exact) mass is 279 g/mol. The average molecular weight is 279 g/mol. The van der Waals surface area contributed by atoms with Crippen molar-refractivity contribution in [2.45, 2.75) is 19.4 Å². The van der Waals surface area contributed by atoms with Crippen molar-refractivity contribution >= 4 is 5.91 Å². The first-order valence-corrected chi connectivity index (χ1v) is 6.11. The summed E-state index contributed by atoms with van der Waals surface area (Å²) < 4.78 is 18.0. The standard InChI is InChI=1S/C12H14FN5O2/c13-9-3-5-10(6-4-9)20-7-1-2-12(19)14-8-11-15-17-18-16-11/h3-6H,1-2,7-8H2,(H,14,19)(H,15,16,17,18). The first kappa shape index (κ1) is 13.9. The van der Waals surface area contributed by atoms with E-state index in [0.717, 1.165) is 0 Å². The normalized spacial score (nSPS) is 10.2. The molecule has 2 N–H and O–H groups in total. The van der Waals surface area contributed by atoms with Crippen molar-refractivity contribution in [1.29, 1.82) is 0 Å². The second-order valence-electron chi connectivity index (χ2n) is 4.01. The fraction of sp³-hybridized carbons (Fsp3) is 0.333. The van der Waals surface area contributed by atoms with E-state index in [1.807, 2.05) is 0 Å². The van der Waals surface area contributed by atoms with E-state index in [2.05, 4.69) is 25.9 Å². The van der Waals surface area contributed by atoms with Gasteiger partial charge in [-0.3, -0.25) is 4.79 Å². The molecule has 0 aliphatic heterocycles. The number of nitrogens with one attached hydrogen (secondary N) is 2. The fourth-order valence-electron chi connectivity index (χ4n) is 1.48. The smallest absolute Gasteiger partial charge is 0.220 e. The molecule has 0 aliphatic rings. The van der Waals surface area contributed by atoms with Gasteiger partial charge in [-0.25, -0.2) is 4.39 Å². The fourth-order valence-corrected chi connectivity index (χ4v) is 1.48. The van der Waals surface area contributed by atoms with E-state index in [4.69, 9.17) is 4.74 Å². The molecule has 7 nitrogen and oxygen atoms in total. The Kier molecular flexibility index (Phi) is 4.99. The molecule has 0 atom stereocenters. The summed E-state index contributed by atoms with van der Waals surface area (Å²) >= 11 is 0. The molecule has 2 rings (SSSR count). The SMILES string of the molecule is O=C(CCCOc1ccc(F)cc1)NCc1nn[nH]n1. The van der Waals surface area contributed by atoms with Crippen LogP contribution in [0.5, 0.6) is 5.75 Å². The summed E-state index contributed by atoms with van der Waals surface area (Å²) in [6.07, 6.45) is 0.897. The van der Waals surface area contributed by atoms with Crippen LogP contribution in [0.3, 0.4) is 0 Å². The number of benzene rings is 1. The van der Waals surface area contributed by atoms with Gasteiger partial charge in [0, 0.05) is 6.42 Å². The molecular weight excluding hydrogens is 265 g/mol. The van der Waals surface area contributed by atoms with Gasteiger partial charge in [-0.05, 0) is 30.7 Å². The summed E-state index contributed by atoms with van der Waals surface area (Å²) in [5.41, 5.74) is 0. The Balaban J connectivity index is 1.58. The Morgan fingerprint density at radius 3 is 2.85 bits per heavy atom. The molecular formula is C12H14FN5O2. The quantitative estimate of drug-likeness (QED) is 0.732. The lowest BCUT2D eigenvalue weighted by molar-refractivity contribution is -0.121. The molecule has 0 saturated heterocycles. The number of carbonyl (C=O) groups excluding carboxylic acids is 1. The topological polar surface area (TPSA) is 92.8 Å². The highest BCUT2D eigenvalue weighted by molar-refractivity contribution is 5.75. The molecule has 1 heterocycles. The zero-order valence-corrected chi connectivity index (χ0v) is 10.7. The summed E-state index contributed by atoms with van der Waals surface area (Å²) in [5.74, 6) is 0.593. The van der Waals surface area contributed by atoms with Crippen molar-refractivity contribution < 1.29 is 13.9 Å². The minimum atomic E-state index is -0.307. The zero-order valence-electron chi connectivity index (χ0n) is 10.7. The number of carbonyl (C=O) groups is 1. The van der Waals surface area contributed by atoms with E-state index in [9.17, 15) is 9.18 Å². The van der Waals surface area contributed by atoms with E-state index in [1.165, 1.54) is 12.1 Å². The number of aromatic amines is 1. The van der Waals surface area contributed by atoms with Crippen LogP contribution < -0.4 is 10.1 Å². The van der Waals surface area contributed by atoms with Crippen LogP contribution in [0, 0.1) is 5.82 Å². The lowest BCUT2D eigenvalue weighted by atomic mass is 10.3. The average Bonchev–Trinajstić information content (AvgIpc) is 2.96. The van der Waals surface area contributed by atoms with Gasteiger partial charge in [0.05, 0.1) is 13.2 Å². The third kappa shape index (κ3) is 4.63. The Morgan fingerprint density at radius 1 is 1.35 bits per heavy atom. The van der Waals surface area contributed by atoms with Gasteiger partial charge in [0.15, 0.2) is 5.82 Å². The summed E-state index contributed by atoms with van der Waals surface area (Å²) in [6.45, 7) is 0.634. The molecule has 20 heavy (non-hydrogen) atoms. The summed E-state index contributed by atoms with van der Waals surface area (Å²) in [7, 11) is 0. The molecule has 0 radical (unpaired) electrons. The molecule has 8 heteroatoms. The number of ether oxygens (including phenoxy) is 1. The first-order chi connectivity index (χ1) is 9.74. The van der Waals surface area contributed by atoms with Gasteiger partial charge in [-0.15, -0.1) is 10.2 Å². The molecule has 0 saturated carbocycles. The van der Waals surface area contributed by atoms with Crippen molar-refractivity contribution in [2.24, 2.45) is 0 Å². The molecule has 106 valence electrons. The number of hydrogen-bond donors (Lipinski definition) is 2. The molecule has 0 spiro atoms. The third-order valence-corrected chi connectivity index (χ3v) is 2.46. The van der Waals surface area contributed by atoms with Crippen molar-refractivity contribution in [2.75, 3.05) is 6.61 Å². The van der Waals surface area contributed by atoms with Gasteiger partial charge in [0.1, 0.15) is 11.6 Å². The number of hydrogen-bond acceptors (Lipinski definition) is 5. The van der Waals surface area contributed by atoms with Gasteiger partial charge in [-0.2, -0.15) is 5.21 Å². The summed E-state index contributed by atoms with van der Waals surface area (Å²) in [5, 5.41) is 15.8. The molecule has 1 amide bonds. The Hall–Kier alpha value is -2.51. The van der Waals surface area contributed by atoms with Gasteiger partial charge in [0.25, 0.3) is 0 Å². The summed E-state index contributed by atoms with van der Waals surface area (Å²) in [6, 6.07) is 5.75.